The summed E-state index contributed by atoms with van der Waals surface area (Å²) >= 11 is 0. The summed E-state index contributed by atoms with van der Waals surface area (Å²) in [6.07, 6.45) is 5.35. The number of aromatic nitrogens is 2. The van der Waals surface area contributed by atoms with Crippen molar-refractivity contribution in [3.05, 3.63) is 28.0 Å². The lowest BCUT2D eigenvalue weighted by atomic mass is 10.3. The minimum Gasteiger partial charge on any atom is -0.364 e. The molecule has 0 aliphatic rings. The van der Waals surface area contributed by atoms with Crippen molar-refractivity contribution < 1.29 is 4.92 Å². The zero-order chi connectivity index (χ0) is 12.8. The first-order valence-corrected chi connectivity index (χ1v) is 5.67. The van der Waals surface area contributed by atoms with Gasteiger partial charge in [-0.15, -0.1) is 0 Å². The highest BCUT2D eigenvalue weighted by Gasteiger charge is 2.24. The number of allylic oxidation sites excluding steroid dienone is 1. The van der Waals surface area contributed by atoms with Crippen molar-refractivity contribution in [3.8, 4) is 0 Å². The molecule has 0 aliphatic carbocycles. The minimum atomic E-state index is -0.371. The number of hydrogen-bond donors (Lipinski definition) is 1. The Morgan fingerprint density at radius 2 is 2.29 bits per heavy atom. The monoisotopic (exact) mass is 238 g/mol. The lowest BCUT2D eigenvalue weighted by Gasteiger charge is -2.03. The number of nitro groups is 1. The van der Waals surface area contributed by atoms with Gasteiger partial charge in [0.2, 0.25) is 5.82 Å². The van der Waals surface area contributed by atoms with Gasteiger partial charge >= 0.3 is 5.69 Å². The van der Waals surface area contributed by atoms with Crippen molar-refractivity contribution >= 4 is 11.5 Å². The highest BCUT2D eigenvalue weighted by atomic mass is 16.6. The SMILES string of the molecule is C/C=C/CCNc1c([N+](=O)[O-])c(CC)nn1C. The summed E-state index contributed by atoms with van der Waals surface area (Å²) in [6, 6.07) is 0. The molecule has 0 aliphatic heterocycles. The van der Waals surface area contributed by atoms with Gasteiger partial charge in [0.05, 0.1) is 4.92 Å². The van der Waals surface area contributed by atoms with Gasteiger partial charge in [0.1, 0.15) is 5.69 Å². The molecular formula is C11H18N4O2. The van der Waals surface area contributed by atoms with Gasteiger partial charge in [0.15, 0.2) is 0 Å². The number of hydrogen-bond acceptors (Lipinski definition) is 4. The van der Waals surface area contributed by atoms with Gasteiger partial charge in [-0.1, -0.05) is 19.1 Å². The van der Waals surface area contributed by atoms with Crippen LogP contribution in [-0.2, 0) is 13.5 Å². The fraction of sp³-hybridized carbons (Fsp3) is 0.545. The molecule has 0 amide bonds. The van der Waals surface area contributed by atoms with Crippen LogP contribution in [-0.4, -0.2) is 21.2 Å². The summed E-state index contributed by atoms with van der Waals surface area (Å²) in [5.41, 5.74) is 0.613. The summed E-state index contributed by atoms with van der Waals surface area (Å²) in [7, 11) is 1.71. The predicted octanol–water partition coefficient (Wildman–Crippen LogP) is 2.27. The number of anilines is 1. The Labute approximate surface area is 100 Å². The second-order valence-corrected chi connectivity index (χ2v) is 3.66. The Morgan fingerprint density at radius 3 is 2.82 bits per heavy atom. The summed E-state index contributed by atoms with van der Waals surface area (Å²) in [5.74, 6) is 0.483. The number of nitrogens with zero attached hydrogens (tertiary/aromatic N) is 3. The molecule has 0 bridgehead atoms. The average Bonchev–Trinajstić information content (AvgIpc) is 2.61. The van der Waals surface area contributed by atoms with E-state index in [0.29, 0.717) is 24.5 Å². The Kier molecular flexibility index (Phi) is 4.68. The Morgan fingerprint density at radius 1 is 1.59 bits per heavy atom. The maximum absolute atomic E-state index is 11.0. The van der Waals surface area contributed by atoms with Crippen molar-refractivity contribution in [2.75, 3.05) is 11.9 Å². The first-order chi connectivity index (χ1) is 8.11. The second-order valence-electron chi connectivity index (χ2n) is 3.66. The molecule has 1 heterocycles. The van der Waals surface area contributed by atoms with Crippen LogP contribution in [0.3, 0.4) is 0 Å². The third-order valence-corrected chi connectivity index (χ3v) is 2.45. The summed E-state index contributed by atoms with van der Waals surface area (Å²) < 4.78 is 1.53. The highest BCUT2D eigenvalue weighted by Crippen LogP contribution is 2.28. The summed E-state index contributed by atoms with van der Waals surface area (Å²) in [4.78, 5) is 10.6. The van der Waals surface area contributed by atoms with E-state index in [2.05, 4.69) is 10.4 Å². The first-order valence-electron chi connectivity index (χ1n) is 5.67. The summed E-state index contributed by atoms with van der Waals surface area (Å²) in [6.45, 7) is 4.47. The van der Waals surface area contributed by atoms with Gasteiger partial charge in [-0.3, -0.25) is 10.1 Å². The smallest absolute Gasteiger partial charge is 0.333 e. The molecular weight excluding hydrogens is 220 g/mol. The Balaban J connectivity index is 2.89. The normalized spacial score (nSPS) is 11.0. The third-order valence-electron chi connectivity index (χ3n) is 2.45. The van der Waals surface area contributed by atoms with E-state index in [1.807, 2.05) is 26.0 Å². The standard InChI is InChI=1S/C11H18N4O2/c1-4-6-7-8-12-11-10(15(16)17)9(5-2)13-14(11)3/h4,6,12H,5,7-8H2,1-3H3/b6-4+. The summed E-state index contributed by atoms with van der Waals surface area (Å²) in [5, 5.41) is 18.2. The van der Waals surface area contributed by atoms with Crippen LogP contribution >= 0.6 is 0 Å². The van der Waals surface area contributed by atoms with E-state index in [9.17, 15) is 10.1 Å². The molecule has 1 N–H and O–H groups in total. The molecule has 6 nitrogen and oxygen atoms in total. The van der Waals surface area contributed by atoms with E-state index in [1.165, 1.54) is 4.68 Å². The van der Waals surface area contributed by atoms with Crippen LogP contribution < -0.4 is 5.32 Å². The van der Waals surface area contributed by atoms with E-state index in [-0.39, 0.29) is 10.6 Å². The maximum atomic E-state index is 11.0. The van der Waals surface area contributed by atoms with Crippen LogP contribution in [0.4, 0.5) is 11.5 Å². The molecule has 0 atom stereocenters. The molecule has 17 heavy (non-hydrogen) atoms. The van der Waals surface area contributed by atoms with E-state index in [4.69, 9.17) is 0 Å². The number of nitrogens with one attached hydrogen (secondary N) is 1. The molecule has 6 heteroatoms. The molecule has 0 spiro atoms. The molecule has 0 aromatic carbocycles. The van der Waals surface area contributed by atoms with E-state index in [0.717, 1.165) is 6.42 Å². The van der Waals surface area contributed by atoms with Crippen molar-refractivity contribution in [1.29, 1.82) is 0 Å². The van der Waals surface area contributed by atoms with Crippen LogP contribution in [0.15, 0.2) is 12.2 Å². The van der Waals surface area contributed by atoms with Crippen LogP contribution in [0.25, 0.3) is 0 Å². The topological polar surface area (TPSA) is 73.0 Å². The van der Waals surface area contributed by atoms with Crippen LogP contribution in [0.2, 0.25) is 0 Å². The quantitative estimate of drug-likeness (QED) is 0.357. The van der Waals surface area contributed by atoms with Crippen molar-refractivity contribution in [2.45, 2.75) is 26.7 Å². The molecule has 0 fully saturated rings. The molecule has 94 valence electrons. The van der Waals surface area contributed by atoms with E-state index in [1.54, 1.807) is 7.05 Å². The fourth-order valence-corrected chi connectivity index (χ4v) is 1.64. The molecule has 0 saturated carbocycles. The van der Waals surface area contributed by atoms with Gasteiger partial charge in [-0.25, -0.2) is 4.68 Å². The molecule has 1 aromatic rings. The Bertz CT molecular complexity index is 423. The van der Waals surface area contributed by atoms with Crippen molar-refractivity contribution in [1.82, 2.24) is 9.78 Å². The maximum Gasteiger partial charge on any atom is 0.333 e. The van der Waals surface area contributed by atoms with Crippen LogP contribution in [0, 0.1) is 10.1 Å². The average molecular weight is 238 g/mol. The second kappa shape index (κ2) is 6.03. The first kappa shape index (κ1) is 13.2. The van der Waals surface area contributed by atoms with Crippen molar-refractivity contribution in [3.63, 3.8) is 0 Å². The van der Waals surface area contributed by atoms with Crippen LogP contribution in [0.5, 0.6) is 0 Å². The largest absolute Gasteiger partial charge is 0.364 e. The molecule has 0 saturated heterocycles. The predicted molar refractivity (Wildman–Crippen MR) is 67.2 cm³/mol. The van der Waals surface area contributed by atoms with E-state index < -0.39 is 0 Å². The molecule has 0 unspecified atom stereocenters. The molecule has 1 aromatic heterocycles. The zero-order valence-electron chi connectivity index (χ0n) is 10.4. The van der Waals surface area contributed by atoms with Gasteiger partial charge in [-0.05, 0) is 19.8 Å². The zero-order valence-corrected chi connectivity index (χ0v) is 10.4. The highest BCUT2D eigenvalue weighted by molar-refractivity contribution is 5.59. The molecule has 0 radical (unpaired) electrons. The van der Waals surface area contributed by atoms with Gasteiger partial charge in [0, 0.05) is 13.6 Å². The fourth-order valence-electron chi connectivity index (χ4n) is 1.64. The number of aryl methyl sites for hydroxylation is 2. The van der Waals surface area contributed by atoms with Gasteiger partial charge in [0.25, 0.3) is 0 Å². The number of rotatable bonds is 6. The van der Waals surface area contributed by atoms with Gasteiger partial charge < -0.3 is 5.32 Å². The third kappa shape index (κ3) is 3.05. The van der Waals surface area contributed by atoms with E-state index >= 15 is 0 Å². The van der Waals surface area contributed by atoms with Gasteiger partial charge in [-0.2, -0.15) is 5.10 Å². The van der Waals surface area contributed by atoms with Crippen molar-refractivity contribution in [2.24, 2.45) is 7.05 Å². The molecule has 1 rings (SSSR count). The lowest BCUT2D eigenvalue weighted by molar-refractivity contribution is -0.384. The lowest BCUT2D eigenvalue weighted by Crippen LogP contribution is -2.07. The minimum absolute atomic E-state index is 0.0930. The van der Waals surface area contributed by atoms with Crippen LogP contribution in [0.1, 0.15) is 26.0 Å². The Hall–Kier alpha value is -1.85.